The fourth-order valence-corrected chi connectivity index (χ4v) is 3.73. The molecule has 2 fully saturated rings. The van der Waals surface area contributed by atoms with Crippen LogP contribution in [0.5, 0.6) is 0 Å². The molecular weight excluding hydrogens is 316 g/mol. The number of hydrogen-bond acceptors (Lipinski definition) is 4. The van der Waals surface area contributed by atoms with Crippen molar-refractivity contribution < 1.29 is 9.53 Å². The lowest BCUT2D eigenvalue weighted by Gasteiger charge is -2.19. The molecule has 2 amide bonds. The zero-order valence-electron chi connectivity index (χ0n) is 15.1. The van der Waals surface area contributed by atoms with Gasteiger partial charge in [-0.05, 0) is 37.4 Å². The van der Waals surface area contributed by atoms with E-state index in [2.05, 4.69) is 44.7 Å². The van der Waals surface area contributed by atoms with Crippen LogP contribution in [0.3, 0.4) is 0 Å². The number of benzene rings is 1. The third-order valence-electron chi connectivity index (χ3n) is 5.18. The first kappa shape index (κ1) is 18.0. The zero-order valence-corrected chi connectivity index (χ0v) is 15.1. The van der Waals surface area contributed by atoms with Gasteiger partial charge in [0.2, 0.25) is 0 Å². The van der Waals surface area contributed by atoms with Gasteiger partial charge in [0.1, 0.15) is 0 Å². The van der Waals surface area contributed by atoms with Crippen molar-refractivity contribution in [1.29, 1.82) is 0 Å². The van der Waals surface area contributed by atoms with Crippen LogP contribution >= 0.6 is 0 Å². The minimum absolute atomic E-state index is 0.0322. The highest BCUT2D eigenvalue weighted by atomic mass is 16.5. The Labute approximate surface area is 150 Å². The first-order valence-corrected chi connectivity index (χ1v) is 9.30. The molecule has 0 aromatic heterocycles. The zero-order chi connectivity index (χ0) is 17.5. The van der Waals surface area contributed by atoms with Gasteiger partial charge < -0.3 is 25.2 Å². The van der Waals surface area contributed by atoms with Crippen molar-refractivity contribution in [3.63, 3.8) is 0 Å². The lowest BCUT2D eigenvalue weighted by molar-refractivity contribution is 0.159. The minimum atomic E-state index is -0.0322. The second kappa shape index (κ2) is 9.06. The van der Waals surface area contributed by atoms with Gasteiger partial charge in [-0.1, -0.05) is 18.2 Å². The number of rotatable bonds is 7. The van der Waals surface area contributed by atoms with Crippen molar-refractivity contribution in [2.75, 3.05) is 57.9 Å². The molecule has 1 aromatic carbocycles. The van der Waals surface area contributed by atoms with Crippen molar-refractivity contribution in [2.24, 2.45) is 5.92 Å². The maximum atomic E-state index is 12.2. The van der Waals surface area contributed by atoms with Gasteiger partial charge in [-0.15, -0.1) is 0 Å². The summed E-state index contributed by atoms with van der Waals surface area (Å²) >= 11 is 0. The number of nitrogens with zero attached hydrogens (tertiary/aromatic N) is 2. The van der Waals surface area contributed by atoms with Gasteiger partial charge in [-0.2, -0.15) is 0 Å². The number of urea groups is 1. The molecule has 0 unspecified atom stereocenters. The second-order valence-electron chi connectivity index (χ2n) is 7.07. The quantitative estimate of drug-likeness (QED) is 0.786. The Hall–Kier alpha value is -1.79. The van der Waals surface area contributed by atoms with Gasteiger partial charge in [-0.3, -0.25) is 0 Å². The van der Waals surface area contributed by atoms with Gasteiger partial charge in [0.25, 0.3) is 0 Å². The summed E-state index contributed by atoms with van der Waals surface area (Å²) in [5, 5.41) is 6.18. The summed E-state index contributed by atoms with van der Waals surface area (Å²) in [6.45, 7) is 6.54. The van der Waals surface area contributed by atoms with E-state index in [-0.39, 0.29) is 12.1 Å². The van der Waals surface area contributed by atoms with Crippen LogP contribution in [-0.2, 0) is 4.74 Å². The van der Waals surface area contributed by atoms with Crippen LogP contribution < -0.4 is 15.5 Å². The summed E-state index contributed by atoms with van der Waals surface area (Å²) in [7, 11) is 1.74. The van der Waals surface area contributed by atoms with Crippen LogP contribution in [0.4, 0.5) is 10.5 Å². The molecule has 0 aliphatic carbocycles. The molecule has 3 rings (SSSR count). The Bertz CT molecular complexity index is 539. The molecule has 0 saturated carbocycles. The number of anilines is 1. The van der Waals surface area contributed by atoms with Crippen molar-refractivity contribution in [3.05, 3.63) is 30.3 Å². The maximum Gasteiger partial charge on any atom is 0.315 e. The number of carbonyl (C=O) groups excluding carboxylic acids is 1. The summed E-state index contributed by atoms with van der Waals surface area (Å²) < 4.78 is 5.13. The minimum Gasteiger partial charge on any atom is -0.383 e. The van der Waals surface area contributed by atoms with E-state index in [1.807, 2.05) is 6.07 Å². The highest BCUT2D eigenvalue weighted by molar-refractivity contribution is 5.74. The lowest BCUT2D eigenvalue weighted by Crippen LogP contribution is -2.45. The summed E-state index contributed by atoms with van der Waals surface area (Å²) in [6.07, 6.45) is 2.14. The van der Waals surface area contributed by atoms with Crippen LogP contribution in [-0.4, -0.2) is 70.0 Å². The highest BCUT2D eigenvalue weighted by Gasteiger charge is 2.25. The molecule has 0 radical (unpaired) electrons. The van der Waals surface area contributed by atoms with E-state index in [0.717, 1.165) is 58.7 Å². The summed E-state index contributed by atoms with van der Waals surface area (Å²) in [5.41, 5.74) is 1.23. The van der Waals surface area contributed by atoms with Gasteiger partial charge in [0.05, 0.1) is 6.61 Å². The molecular formula is C19H30N4O2. The van der Waals surface area contributed by atoms with E-state index < -0.39 is 0 Å². The summed E-state index contributed by atoms with van der Waals surface area (Å²) in [5.74, 6) is 0.548. The lowest BCUT2D eigenvalue weighted by atomic mass is 10.1. The Kier molecular flexibility index (Phi) is 6.53. The number of likely N-dealkylation sites (tertiary alicyclic amines) is 1. The molecule has 2 N–H and O–H groups in total. The van der Waals surface area contributed by atoms with Crippen LogP contribution in [0.1, 0.15) is 12.8 Å². The summed E-state index contributed by atoms with van der Waals surface area (Å²) in [4.78, 5) is 16.9. The first-order chi connectivity index (χ1) is 12.2. The number of para-hydroxylation sites is 1. The topological polar surface area (TPSA) is 56.8 Å². The fourth-order valence-electron chi connectivity index (χ4n) is 3.73. The molecule has 6 heteroatoms. The average Bonchev–Trinajstić information content (AvgIpc) is 3.28. The number of methoxy groups -OCH3 is 1. The number of carbonyl (C=O) groups is 1. The van der Waals surface area contributed by atoms with E-state index in [1.165, 1.54) is 5.69 Å². The Morgan fingerprint density at radius 3 is 2.84 bits per heavy atom. The predicted octanol–water partition coefficient (Wildman–Crippen LogP) is 1.53. The number of nitrogens with one attached hydrogen (secondary N) is 2. The smallest absolute Gasteiger partial charge is 0.315 e. The Morgan fingerprint density at radius 2 is 2.04 bits per heavy atom. The van der Waals surface area contributed by atoms with Gasteiger partial charge in [-0.25, -0.2) is 4.79 Å². The molecule has 2 heterocycles. The van der Waals surface area contributed by atoms with Crippen LogP contribution in [0.15, 0.2) is 30.3 Å². The Balaban J connectivity index is 1.34. The fraction of sp³-hybridized carbons (Fsp3) is 0.632. The van der Waals surface area contributed by atoms with Crippen molar-refractivity contribution >= 4 is 11.7 Å². The van der Waals surface area contributed by atoms with E-state index in [9.17, 15) is 4.79 Å². The highest BCUT2D eigenvalue weighted by Crippen LogP contribution is 2.19. The second-order valence-corrected chi connectivity index (χ2v) is 7.07. The van der Waals surface area contributed by atoms with Crippen molar-refractivity contribution in [3.8, 4) is 0 Å². The van der Waals surface area contributed by atoms with E-state index >= 15 is 0 Å². The molecule has 1 aromatic rings. The number of hydrogen-bond donors (Lipinski definition) is 2. The molecule has 0 bridgehead atoms. The monoisotopic (exact) mass is 346 g/mol. The third kappa shape index (κ3) is 5.34. The van der Waals surface area contributed by atoms with E-state index in [1.54, 1.807) is 7.11 Å². The van der Waals surface area contributed by atoms with Crippen molar-refractivity contribution in [2.45, 2.75) is 18.9 Å². The molecule has 2 aliphatic rings. The largest absolute Gasteiger partial charge is 0.383 e. The van der Waals surface area contributed by atoms with E-state index in [4.69, 9.17) is 4.74 Å². The van der Waals surface area contributed by atoms with Crippen LogP contribution in [0.2, 0.25) is 0 Å². The number of ether oxygens (including phenoxy) is 1. The number of amides is 2. The molecule has 25 heavy (non-hydrogen) atoms. The molecule has 2 aliphatic heterocycles. The maximum absolute atomic E-state index is 12.2. The molecule has 2 atom stereocenters. The SMILES string of the molecule is COCCN1CC[C@@H](CNC(=O)N[C@@H]2CCN(c3ccccc3)C2)C1. The van der Waals surface area contributed by atoms with Crippen LogP contribution in [0, 0.1) is 5.92 Å². The average molecular weight is 346 g/mol. The molecule has 2 saturated heterocycles. The molecule has 0 spiro atoms. The van der Waals surface area contributed by atoms with Crippen LogP contribution in [0.25, 0.3) is 0 Å². The predicted molar refractivity (Wildman–Crippen MR) is 100 cm³/mol. The Morgan fingerprint density at radius 1 is 1.20 bits per heavy atom. The first-order valence-electron chi connectivity index (χ1n) is 9.30. The summed E-state index contributed by atoms with van der Waals surface area (Å²) in [6, 6.07) is 10.6. The van der Waals surface area contributed by atoms with E-state index in [0.29, 0.717) is 5.92 Å². The van der Waals surface area contributed by atoms with Gasteiger partial charge in [0.15, 0.2) is 0 Å². The normalized spacial score (nSPS) is 23.8. The van der Waals surface area contributed by atoms with Crippen molar-refractivity contribution in [1.82, 2.24) is 15.5 Å². The van der Waals surface area contributed by atoms with Gasteiger partial charge in [0, 0.05) is 51.6 Å². The molecule has 138 valence electrons. The van der Waals surface area contributed by atoms with Gasteiger partial charge >= 0.3 is 6.03 Å². The standard InChI is InChI=1S/C19H30N4O2/c1-25-12-11-22-9-7-16(14-22)13-20-19(24)21-17-8-10-23(15-17)18-5-3-2-4-6-18/h2-6,16-17H,7-15H2,1H3,(H2,20,21,24)/t16-,17+/m0/s1. The molecule has 6 nitrogen and oxygen atoms in total. The third-order valence-corrected chi connectivity index (χ3v) is 5.18.